The van der Waals surface area contributed by atoms with Gasteiger partial charge in [0.05, 0.1) is 5.02 Å². The van der Waals surface area contributed by atoms with Gasteiger partial charge >= 0.3 is 0 Å². The van der Waals surface area contributed by atoms with Gasteiger partial charge in [0, 0.05) is 17.1 Å². The second kappa shape index (κ2) is 8.40. The first-order valence-corrected chi connectivity index (χ1v) is 7.22. The molecule has 1 aromatic rings. The molecule has 106 valence electrons. The molecule has 19 heavy (non-hydrogen) atoms. The van der Waals surface area contributed by atoms with E-state index in [1.54, 1.807) is 18.2 Å². The van der Waals surface area contributed by atoms with Crippen LogP contribution in [0.3, 0.4) is 0 Å². The van der Waals surface area contributed by atoms with E-state index >= 15 is 0 Å². The van der Waals surface area contributed by atoms with Crippen LogP contribution in [0.25, 0.3) is 0 Å². The lowest BCUT2D eigenvalue weighted by atomic mass is 10.1. The average Bonchev–Trinajstić information content (AvgIpc) is 2.37. The van der Waals surface area contributed by atoms with Crippen molar-refractivity contribution in [3.63, 3.8) is 0 Å². The number of aliphatic hydroxyl groups is 1. The van der Waals surface area contributed by atoms with Crippen LogP contribution in [-0.4, -0.2) is 30.3 Å². The lowest BCUT2D eigenvalue weighted by Gasteiger charge is -2.16. The van der Waals surface area contributed by atoms with Gasteiger partial charge < -0.3 is 15.2 Å². The topological polar surface area (TPSA) is 58.6 Å². The molecule has 0 bridgehead atoms. The van der Waals surface area contributed by atoms with Crippen molar-refractivity contribution in [1.82, 2.24) is 5.32 Å². The Bertz CT molecular complexity index is 428. The molecule has 2 N–H and O–H groups in total. The number of nitrogens with one attached hydrogen (secondary N) is 1. The van der Waals surface area contributed by atoms with E-state index in [1.165, 1.54) is 0 Å². The van der Waals surface area contributed by atoms with Gasteiger partial charge in [-0.15, -0.1) is 0 Å². The van der Waals surface area contributed by atoms with E-state index in [9.17, 15) is 4.79 Å². The van der Waals surface area contributed by atoms with Crippen molar-refractivity contribution in [3.8, 4) is 5.75 Å². The molecule has 1 rings (SSSR count). The number of benzene rings is 1. The highest BCUT2D eigenvalue weighted by Crippen LogP contribution is 2.27. The Morgan fingerprint density at radius 1 is 1.58 bits per heavy atom. The third-order valence-electron chi connectivity index (χ3n) is 2.59. The molecule has 0 saturated heterocycles. The highest BCUT2D eigenvalue weighted by Gasteiger charge is 2.11. The smallest absolute Gasteiger partial charge is 0.258 e. The lowest BCUT2D eigenvalue weighted by molar-refractivity contribution is -0.123. The van der Waals surface area contributed by atoms with Crippen molar-refractivity contribution >= 4 is 33.4 Å². The molecule has 0 fully saturated rings. The fraction of sp³-hybridized carbons (Fsp3) is 0.462. The second-order valence-electron chi connectivity index (χ2n) is 4.05. The maximum atomic E-state index is 11.7. The molecular formula is C13H17BrClNO3. The van der Waals surface area contributed by atoms with Crippen LogP contribution >= 0.6 is 27.5 Å². The summed E-state index contributed by atoms with van der Waals surface area (Å²) in [7, 11) is 0. The van der Waals surface area contributed by atoms with E-state index in [4.69, 9.17) is 21.4 Å². The number of ether oxygens (including phenoxy) is 1. The summed E-state index contributed by atoms with van der Waals surface area (Å²) in [5.74, 6) is 0.245. The summed E-state index contributed by atoms with van der Waals surface area (Å²) in [6.07, 6.45) is 1.31. The molecule has 1 atom stereocenters. The van der Waals surface area contributed by atoms with Gasteiger partial charge in [0.1, 0.15) is 5.75 Å². The van der Waals surface area contributed by atoms with Gasteiger partial charge in [0.15, 0.2) is 6.61 Å². The Hall–Kier alpha value is -0.780. The van der Waals surface area contributed by atoms with Crippen molar-refractivity contribution < 1.29 is 14.6 Å². The molecule has 0 heterocycles. The first kappa shape index (κ1) is 16.3. The standard InChI is InChI=1S/C13H17BrClNO3/c1-2-10(5-6-17)16-13(18)8-19-12-4-3-9(14)7-11(12)15/h3-4,7,10,17H,2,5-6,8H2,1H3,(H,16,18). The molecule has 4 nitrogen and oxygen atoms in total. The molecule has 6 heteroatoms. The van der Waals surface area contributed by atoms with Crippen molar-refractivity contribution in [2.75, 3.05) is 13.2 Å². The maximum Gasteiger partial charge on any atom is 0.258 e. The minimum absolute atomic E-state index is 0.0264. The van der Waals surface area contributed by atoms with Gasteiger partial charge in [0.25, 0.3) is 5.91 Å². The Labute approximate surface area is 126 Å². The van der Waals surface area contributed by atoms with Gasteiger partial charge in [-0.2, -0.15) is 0 Å². The average molecular weight is 351 g/mol. The summed E-state index contributed by atoms with van der Waals surface area (Å²) in [5, 5.41) is 12.1. The summed E-state index contributed by atoms with van der Waals surface area (Å²) < 4.78 is 6.20. The van der Waals surface area contributed by atoms with E-state index in [-0.39, 0.29) is 25.2 Å². The van der Waals surface area contributed by atoms with E-state index in [1.807, 2.05) is 6.92 Å². The number of hydrogen-bond donors (Lipinski definition) is 2. The zero-order chi connectivity index (χ0) is 14.3. The molecule has 0 aliphatic carbocycles. The Morgan fingerprint density at radius 2 is 2.32 bits per heavy atom. The van der Waals surface area contributed by atoms with Crippen LogP contribution in [0.1, 0.15) is 19.8 Å². The zero-order valence-electron chi connectivity index (χ0n) is 10.7. The largest absolute Gasteiger partial charge is 0.482 e. The Balaban J connectivity index is 2.45. The number of carbonyl (C=O) groups is 1. The predicted molar refractivity (Wildman–Crippen MR) is 78.6 cm³/mol. The summed E-state index contributed by atoms with van der Waals surface area (Å²) in [6.45, 7) is 1.91. The Morgan fingerprint density at radius 3 is 2.89 bits per heavy atom. The molecule has 0 saturated carbocycles. The van der Waals surface area contributed by atoms with Crippen LogP contribution in [0.5, 0.6) is 5.75 Å². The fourth-order valence-corrected chi connectivity index (χ4v) is 2.27. The molecule has 1 unspecified atom stereocenters. The third-order valence-corrected chi connectivity index (χ3v) is 3.38. The zero-order valence-corrected chi connectivity index (χ0v) is 13.0. The van der Waals surface area contributed by atoms with Gasteiger partial charge in [-0.3, -0.25) is 4.79 Å². The van der Waals surface area contributed by atoms with Crippen LogP contribution < -0.4 is 10.1 Å². The first-order valence-electron chi connectivity index (χ1n) is 6.04. The van der Waals surface area contributed by atoms with E-state index in [0.29, 0.717) is 17.2 Å². The van der Waals surface area contributed by atoms with E-state index in [0.717, 1.165) is 10.9 Å². The van der Waals surface area contributed by atoms with E-state index in [2.05, 4.69) is 21.2 Å². The summed E-state index contributed by atoms with van der Waals surface area (Å²) >= 11 is 9.27. The molecule has 0 aromatic heterocycles. The highest BCUT2D eigenvalue weighted by atomic mass is 79.9. The van der Waals surface area contributed by atoms with Gasteiger partial charge in [-0.25, -0.2) is 0 Å². The van der Waals surface area contributed by atoms with Gasteiger partial charge in [0.2, 0.25) is 0 Å². The summed E-state index contributed by atoms with van der Waals surface area (Å²) in [5.41, 5.74) is 0. The number of halogens is 2. The van der Waals surface area contributed by atoms with Crippen molar-refractivity contribution in [1.29, 1.82) is 0 Å². The molecule has 0 aliphatic heterocycles. The third kappa shape index (κ3) is 5.80. The summed E-state index contributed by atoms with van der Waals surface area (Å²) in [4.78, 5) is 11.7. The molecule has 0 radical (unpaired) electrons. The first-order chi connectivity index (χ1) is 9.06. The van der Waals surface area contributed by atoms with Gasteiger partial charge in [-0.1, -0.05) is 34.5 Å². The molecule has 1 amide bonds. The van der Waals surface area contributed by atoms with Crippen LogP contribution in [0.4, 0.5) is 0 Å². The quantitative estimate of drug-likeness (QED) is 0.795. The second-order valence-corrected chi connectivity index (χ2v) is 5.37. The molecule has 1 aromatic carbocycles. The highest BCUT2D eigenvalue weighted by molar-refractivity contribution is 9.10. The lowest BCUT2D eigenvalue weighted by Crippen LogP contribution is -2.38. The molecule has 0 aliphatic rings. The fourth-order valence-electron chi connectivity index (χ4n) is 1.54. The number of carbonyl (C=O) groups excluding carboxylic acids is 1. The minimum Gasteiger partial charge on any atom is -0.482 e. The molecular weight excluding hydrogens is 334 g/mol. The van der Waals surface area contributed by atoms with Crippen LogP contribution in [-0.2, 0) is 4.79 Å². The Kier molecular flexibility index (Phi) is 7.20. The normalized spacial score (nSPS) is 12.0. The minimum atomic E-state index is -0.223. The van der Waals surface area contributed by atoms with E-state index < -0.39 is 0 Å². The number of aliphatic hydroxyl groups excluding tert-OH is 1. The van der Waals surface area contributed by atoms with Crippen LogP contribution in [0.15, 0.2) is 22.7 Å². The maximum absolute atomic E-state index is 11.7. The monoisotopic (exact) mass is 349 g/mol. The number of amides is 1. The number of rotatable bonds is 7. The predicted octanol–water partition coefficient (Wildman–Crippen LogP) is 2.76. The van der Waals surface area contributed by atoms with Crippen LogP contribution in [0.2, 0.25) is 5.02 Å². The molecule has 0 spiro atoms. The van der Waals surface area contributed by atoms with Crippen LogP contribution in [0, 0.1) is 0 Å². The van der Waals surface area contributed by atoms with Crippen molar-refractivity contribution in [2.24, 2.45) is 0 Å². The van der Waals surface area contributed by atoms with Crippen molar-refractivity contribution in [3.05, 3.63) is 27.7 Å². The number of hydrogen-bond acceptors (Lipinski definition) is 3. The summed E-state index contributed by atoms with van der Waals surface area (Å²) in [6, 6.07) is 5.17. The van der Waals surface area contributed by atoms with Gasteiger partial charge in [-0.05, 0) is 31.0 Å². The van der Waals surface area contributed by atoms with Crippen molar-refractivity contribution in [2.45, 2.75) is 25.8 Å². The SMILES string of the molecule is CCC(CCO)NC(=O)COc1ccc(Br)cc1Cl.